The number of carboxylic acid groups (broad SMARTS) is 1. The molecule has 2 rings (SSSR count). The van der Waals surface area contributed by atoms with Crippen LogP contribution < -0.4 is 4.74 Å². The number of carbonyl (C=O) groups is 1. The van der Waals surface area contributed by atoms with Gasteiger partial charge in [-0.1, -0.05) is 55.5 Å². The van der Waals surface area contributed by atoms with Crippen molar-refractivity contribution in [3.63, 3.8) is 0 Å². The highest BCUT2D eigenvalue weighted by atomic mass is 16.5. The molecule has 0 aliphatic carbocycles. The summed E-state index contributed by atoms with van der Waals surface area (Å²) in [5, 5.41) is 9.72. The lowest BCUT2D eigenvalue weighted by molar-refractivity contribution is -0.144. The number of rotatable bonds is 7. The van der Waals surface area contributed by atoms with Crippen LogP contribution >= 0.6 is 0 Å². The molecule has 0 spiro atoms. The molecule has 0 aliphatic heterocycles. The highest BCUT2D eigenvalue weighted by Gasteiger charge is 2.38. The van der Waals surface area contributed by atoms with Gasteiger partial charge < -0.3 is 9.84 Å². The van der Waals surface area contributed by atoms with E-state index in [0.717, 1.165) is 11.3 Å². The van der Waals surface area contributed by atoms with Gasteiger partial charge in [-0.15, -0.1) is 0 Å². The molecule has 0 saturated heterocycles. The molecule has 0 aromatic heterocycles. The molecule has 0 saturated carbocycles. The molecule has 1 unspecified atom stereocenters. The first-order valence-corrected chi connectivity index (χ1v) is 7.16. The Kier molecular flexibility index (Phi) is 4.99. The Morgan fingerprint density at radius 1 is 1.05 bits per heavy atom. The molecule has 0 bridgehead atoms. The quantitative estimate of drug-likeness (QED) is 0.839. The molecule has 1 atom stereocenters. The molecular weight excluding hydrogens is 264 g/mol. The van der Waals surface area contributed by atoms with Gasteiger partial charge in [-0.25, -0.2) is 0 Å². The van der Waals surface area contributed by atoms with E-state index in [1.54, 1.807) is 0 Å². The highest BCUT2D eigenvalue weighted by Crippen LogP contribution is 2.32. The molecule has 3 heteroatoms. The van der Waals surface area contributed by atoms with Gasteiger partial charge in [0, 0.05) is 6.42 Å². The van der Waals surface area contributed by atoms with Crippen LogP contribution in [0.15, 0.2) is 60.7 Å². The zero-order valence-electron chi connectivity index (χ0n) is 12.2. The molecule has 110 valence electrons. The smallest absolute Gasteiger partial charge is 0.314 e. The zero-order chi connectivity index (χ0) is 15.1. The monoisotopic (exact) mass is 284 g/mol. The SMILES string of the molecule is CCC(CCOc1ccccc1)(C(=O)O)c1ccccc1. The minimum atomic E-state index is -0.893. The average molecular weight is 284 g/mol. The van der Waals surface area contributed by atoms with Crippen LogP contribution in [-0.2, 0) is 10.2 Å². The van der Waals surface area contributed by atoms with Crippen LogP contribution in [0.1, 0.15) is 25.3 Å². The van der Waals surface area contributed by atoms with Gasteiger partial charge in [-0.05, 0) is 24.1 Å². The van der Waals surface area contributed by atoms with Crippen molar-refractivity contribution in [1.29, 1.82) is 0 Å². The number of aliphatic carboxylic acids is 1. The van der Waals surface area contributed by atoms with Crippen molar-refractivity contribution in [2.24, 2.45) is 0 Å². The fourth-order valence-corrected chi connectivity index (χ4v) is 2.52. The first-order chi connectivity index (χ1) is 10.2. The number of para-hydroxylation sites is 1. The number of carboxylic acids is 1. The van der Waals surface area contributed by atoms with Crippen LogP contribution in [-0.4, -0.2) is 17.7 Å². The summed E-state index contributed by atoms with van der Waals surface area (Å²) in [4.78, 5) is 11.8. The fraction of sp³-hybridized carbons (Fsp3) is 0.278. The Labute approximate surface area is 125 Å². The van der Waals surface area contributed by atoms with Crippen LogP contribution in [0.4, 0.5) is 0 Å². The molecule has 0 aliphatic rings. The van der Waals surface area contributed by atoms with Gasteiger partial charge in [0.1, 0.15) is 5.75 Å². The first-order valence-electron chi connectivity index (χ1n) is 7.16. The van der Waals surface area contributed by atoms with Crippen molar-refractivity contribution in [3.05, 3.63) is 66.2 Å². The maximum absolute atomic E-state index is 11.8. The van der Waals surface area contributed by atoms with Crippen molar-refractivity contribution in [2.75, 3.05) is 6.61 Å². The van der Waals surface area contributed by atoms with Crippen molar-refractivity contribution in [3.8, 4) is 5.75 Å². The van der Waals surface area contributed by atoms with E-state index < -0.39 is 11.4 Å². The van der Waals surface area contributed by atoms with Gasteiger partial charge in [0.15, 0.2) is 0 Å². The van der Waals surface area contributed by atoms with Crippen LogP contribution in [0, 0.1) is 0 Å². The lowest BCUT2D eigenvalue weighted by Gasteiger charge is -2.28. The van der Waals surface area contributed by atoms with E-state index in [9.17, 15) is 9.90 Å². The number of hydrogen-bond donors (Lipinski definition) is 1. The van der Waals surface area contributed by atoms with Crippen molar-refractivity contribution in [1.82, 2.24) is 0 Å². The van der Waals surface area contributed by atoms with E-state index >= 15 is 0 Å². The van der Waals surface area contributed by atoms with Crippen LogP contribution in [0.2, 0.25) is 0 Å². The summed E-state index contributed by atoms with van der Waals surface area (Å²) in [6.07, 6.45) is 0.974. The summed E-state index contributed by atoms with van der Waals surface area (Å²) in [6, 6.07) is 18.9. The third-order valence-corrected chi connectivity index (χ3v) is 3.88. The van der Waals surface area contributed by atoms with E-state index in [0.29, 0.717) is 19.4 Å². The molecule has 0 amide bonds. The number of ether oxygens (including phenoxy) is 1. The Hall–Kier alpha value is -2.29. The van der Waals surface area contributed by atoms with Crippen molar-refractivity contribution >= 4 is 5.97 Å². The Morgan fingerprint density at radius 3 is 2.14 bits per heavy atom. The fourth-order valence-electron chi connectivity index (χ4n) is 2.52. The normalized spacial score (nSPS) is 13.4. The van der Waals surface area contributed by atoms with Gasteiger partial charge >= 0.3 is 5.97 Å². The lowest BCUT2D eigenvalue weighted by Crippen LogP contribution is -2.36. The molecule has 21 heavy (non-hydrogen) atoms. The predicted octanol–water partition coefficient (Wildman–Crippen LogP) is 3.89. The summed E-state index contributed by atoms with van der Waals surface area (Å²) in [5.74, 6) is -0.0335. The summed E-state index contributed by atoms with van der Waals surface area (Å²) < 4.78 is 5.67. The highest BCUT2D eigenvalue weighted by molar-refractivity contribution is 5.81. The van der Waals surface area contributed by atoms with E-state index in [1.165, 1.54) is 0 Å². The first kappa shape index (κ1) is 15.1. The molecule has 0 radical (unpaired) electrons. The maximum Gasteiger partial charge on any atom is 0.314 e. The van der Waals surface area contributed by atoms with Crippen molar-refractivity contribution in [2.45, 2.75) is 25.2 Å². The third kappa shape index (κ3) is 3.43. The lowest BCUT2D eigenvalue weighted by atomic mass is 9.75. The van der Waals surface area contributed by atoms with Gasteiger partial charge in [0.25, 0.3) is 0 Å². The van der Waals surface area contributed by atoms with Gasteiger partial charge in [-0.2, -0.15) is 0 Å². The second-order valence-electron chi connectivity index (χ2n) is 5.02. The summed E-state index contributed by atoms with van der Waals surface area (Å²) >= 11 is 0. The van der Waals surface area contributed by atoms with Crippen molar-refractivity contribution < 1.29 is 14.6 Å². The second-order valence-corrected chi connectivity index (χ2v) is 5.02. The van der Waals surface area contributed by atoms with Crippen LogP contribution in [0.25, 0.3) is 0 Å². The van der Waals surface area contributed by atoms with E-state index in [1.807, 2.05) is 67.6 Å². The molecule has 2 aromatic carbocycles. The Morgan fingerprint density at radius 2 is 1.62 bits per heavy atom. The van der Waals surface area contributed by atoms with Gasteiger partial charge in [-0.3, -0.25) is 4.79 Å². The Balaban J connectivity index is 2.12. The second kappa shape index (κ2) is 6.93. The van der Waals surface area contributed by atoms with E-state index in [-0.39, 0.29) is 0 Å². The molecule has 0 fully saturated rings. The predicted molar refractivity (Wildman–Crippen MR) is 82.6 cm³/mol. The van der Waals surface area contributed by atoms with E-state index in [2.05, 4.69) is 0 Å². The topological polar surface area (TPSA) is 46.5 Å². The zero-order valence-corrected chi connectivity index (χ0v) is 12.2. The maximum atomic E-state index is 11.8. The molecule has 0 heterocycles. The molecular formula is C18H20O3. The number of hydrogen-bond acceptors (Lipinski definition) is 2. The number of benzene rings is 2. The van der Waals surface area contributed by atoms with Crippen LogP contribution in [0.5, 0.6) is 5.75 Å². The molecule has 2 aromatic rings. The summed E-state index contributed by atoms with van der Waals surface area (Å²) in [6.45, 7) is 2.28. The van der Waals surface area contributed by atoms with Gasteiger partial charge in [0.2, 0.25) is 0 Å². The summed E-state index contributed by atoms with van der Waals surface area (Å²) in [5.41, 5.74) is -0.0626. The van der Waals surface area contributed by atoms with Gasteiger partial charge in [0.05, 0.1) is 12.0 Å². The summed E-state index contributed by atoms with van der Waals surface area (Å²) in [7, 11) is 0. The minimum absolute atomic E-state index is 0.374. The van der Waals surface area contributed by atoms with E-state index in [4.69, 9.17) is 4.74 Å². The standard InChI is InChI=1S/C18H20O3/c1-2-18(17(19)20,15-9-5-3-6-10-15)13-14-21-16-11-7-4-8-12-16/h3-12H,2,13-14H2,1H3,(H,19,20). The largest absolute Gasteiger partial charge is 0.494 e. The minimum Gasteiger partial charge on any atom is -0.494 e. The third-order valence-electron chi connectivity index (χ3n) is 3.88. The van der Waals surface area contributed by atoms with Crippen LogP contribution in [0.3, 0.4) is 0 Å². The molecule has 1 N–H and O–H groups in total. The average Bonchev–Trinajstić information content (AvgIpc) is 2.53. The Bertz CT molecular complexity index is 566. The molecule has 3 nitrogen and oxygen atoms in total.